The number of benzene rings is 2. The van der Waals surface area contributed by atoms with Crippen LogP contribution in [0.25, 0.3) is 11.1 Å². The number of rotatable bonds is 12. The number of alkyl halides is 3. The highest BCUT2D eigenvalue weighted by Gasteiger charge is 2.36. The highest BCUT2D eigenvalue weighted by atomic mass is 19.4. The Bertz CT molecular complexity index is 1790. The second-order valence-corrected chi connectivity index (χ2v) is 14.3. The van der Waals surface area contributed by atoms with Gasteiger partial charge < -0.3 is 24.6 Å². The van der Waals surface area contributed by atoms with Crippen molar-refractivity contribution >= 4 is 11.9 Å². The molecule has 1 aromatic heterocycles. The van der Waals surface area contributed by atoms with E-state index in [2.05, 4.69) is 5.32 Å². The number of fused-ring (bicyclic) bond motifs is 1. The average Bonchev–Trinajstić information content (AvgIpc) is 3.36. The number of carbonyl (C=O) groups excluding carboxylic acids is 1. The van der Waals surface area contributed by atoms with E-state index in [4.69, 9.17) is 4.74 Å². The molecule has 1 amide bonds. The molecule has 276 valence electrons. The molecule has 0 spiro atoms. The van der Waals surface area contributed by atoms with Crippen LogP contribution >= 0.6 is 0 Å². The predicted octanol–water partition coefficient (Wildman–Crippen LogP) is 6.96. The van der Waals surface area contributed by atoms with E-state index in [0.717, 1.165) is 69.8 Å². The maximum absolute atomic E-state index is 14.3. The van der Waals surface area contributed by atoms with Crippen LogP contribution in [0, 0.1) is 25.6 Å². The van der Waals surface area contributed by atoms with Crippen LogP contribution in [0.2, 0.25) is 0 Å². The third-order valence-corrected chi connectivity index (χ3v) is 9.92. The first-order valence-electron chi connectivity index (χ1n) is 17.7. The van der Waals surface area contributed by atoms with E-state index in [1.165, 1.54) is 12.1 Å². The molecule has 0 bridgehead atoms. The number of nitrogens with zero attached hydrogens (tertiary/aromatic N) is 2. The summed E-state index contributed by atoms with van der Waals surface area (Å²) in [5.41, 5.74) is 3.77. The maximum Gasteiger partial charge on any atom is 0.416 e. The lowest BCUT2D eigenvalue weighted by Gasteiger charge is -2.27. The van der Waals surface area contributed by atoms with Crippen LogP contribution < -0.4 is 10.9 Å². The number of carboxylic acid groups (broad SMARTS) is 1. The van der Waals surface area contributed by atoms with Crippen molar-refractivity contribution in [2.45, 2.75) is 90.9 Å². The van der Waals surface area contributed by atoms with Crippen LogP contribution in [-0.2, 0) is 39.8 Å². The molecule has 1 fully saturated rings. The van der Waals surface area contributed by atoms with Gasteiger partial charge in [0.25, 0.3) is 5.56 Å². The molecular formula is C39H47F4N3O5. The van der Waals surface area contributed by atoms with Gasteiger partial charge in [0.05, 0.1) is 24.6 Å². The second kappa shape index (κ2) is 16.1. The summed E-state index contributed by atoms with van der Waals surface area (Å²) in [4.78, 5) is 41.9. The standard InChI is InChI=1S/C39H47F4N3O5/c1-23(2)15-34(46-22-27(32(20-35(46)47)39(41,42)43)9-11-45-10-6-13-51-14-12-45)38(50)44-33(21-36(48)49)28-18-26-7-5-8-30(26)31(19-28)37-24(3)16-29(40)17-25(37)4/h16-20,22-23,33-34H,5-15,21H2,1-4H3,(H,44,50)(H,48,49)/t33-,34-/m0/s1. The minimum atomic E-state index is -4.77. The first kappa shape index (κ1) is 38.2. The largest absolute Gasteiger partial charge is 0.481 e. The van der Waals surface area contributed by atoms with Crippen molar-refractivity contribution in [2.24, 2.45) is 5.92 Å². The molecule has 0 unspecified atom stereocenters. The molecule has 2 aromatic carbocycles. The molecule has 2 atom stereocenters. The molecule has 0 saturated carbocycles. The maximum atomic E-state index is 14.3. The number of aromatic nitrogens is 1. The van der Waals surface area contributed by atoms with Crippen molar-refractivity contribution in [3.63, 3.8) is 0 Å². The van der Waals surface area contributed by atoms with Crippen molar-refractivity contribution < 1.29 is 37.0 Å². The lowest BCUT2D eigenvalue weighted by Crippen LogP contribution is -2.40. The molecule has 2 N–H and O–H groups in total. The molecule has 8 nitrogen and oxygen atoms in total. The molecular weight excluding hydrogens is 666 g/mol. The molecule has 2 heterocycles. The number of carboxylic acids is 1. The minimum Gasteiger partial charge on any atom is -0.481 e. The Hall–Kier alpha value is -4.03. The minimum absolute atomic E-state index is 0.00685. The fourth-order valence-electron chi connectivity index (χ4n) is 7.58. The third-order valence-electron chi connectivity index (χ3n) is 9.92. The van der Waals surface area contributed by atoms with Gasteiger partial charge in [-0.2, -0.15) is 13.2 Å². The van der Waals surface area contributed by atoms with Gasteiger partial charge in [-0.25, -0.2) is 4.39 Å². The summed E-state index contributed by atoms with van der Waals surface area (Å²) in [7, 11) is 0. The smallest absolute Gasteiger partial charge is 0.416 e. The zero-order chi connectivity index (χ0) is 37.0. The van der Waals surface area contributed by atoms with E-state index < -0.39 is 47.7 Å². The number of hydrogen-bond donors (Lipinski definition) is 2. The van der Waals surface area contributed by atoms with Crippen LogP contribution in [-0.4, -0.2) is 59.3 Å². The Kier molecular flexibility index (Phi) is 12.1. The van der Waals surface area contributed by atoms with Gasteiger partial charge in [0.15, 0.2) is 0 Å². The molecule has 51 heavy (non-hydrogen) atoms. The van der Waals surface area contributed by atoms with E-state index in [-0.39, 0.29) is 30.1 Å². The van der Waals surface area contributed by atoms with Gasteiger partial charge in [-0.15, -0.1) is 0 Å². The molecule has 1 aliphatic carbocycles. The molecule has 3 aromatic rings. The summed E-state index contributed by atoms with van der Waals surface area (Å²) in [5.74, 6) is -2.31. The number of ether oxygens (including phenoxy) is 1. The summed E-state index contributed by atoms with van der Waals surface area (Å²) >= 11 is 0. The highest BCUT2D eigenvalue weighted by Crippen LogP contribution is 2.39. The van der Waals surface area contributed by atoms with Crippen LogP contribution in [0.5, 0.6) is 0 Å². The van der Waals surface area contributed by atoms with Crippen molar-refractivity contribution in [1.29, 1.82) is 0 Å². The number of aliphatic carboxylic acids is 1. The number of hydrogen-bond acceptors (Lipinski definition) is 5. The summed E-state index contributed by atoms with van der Waals surface area (Å²) in [5, 5.41) is 12.8. The molecule has 1 saturated heterocycles. The fourth-order valence-corrected chi connectivity index (χ4v) is 7.58. The van der Waals surface area contributed by atoms with E-state index in [0.29, 0.717) is 44.5 Å². The van der Waals surface area contributed by atoms with Crippen LogP contribution in [0.3, 0.4) is 0 Å². The molecule has 5 rings (SSSR count). The summed E-state index contributed by atoms with van der Waals surface area (Å²) in [6, 6.07) is 5.04. The van der Waals surface area contributed by atoms with Gasteiger partial charge in [-0.05, 0) is 121 Å². The highest BCUT2D eigenvalue weighted by molar-refractivity contribution is 5.82. The molecule has 0 radical (unpaired) electrons. The first-order valence-corrected chi connectivity index (χ1v) is 17.7. The molecule has 2 aliphatic rings. The zero-order valence-electron chi connectivity index (χ0n) is 29.7. The lowest BCUT2D eigenvalue weighted by atomic mass is 9.87. The third kappa shape index (κ3) is 9.26. The Morgan fingerprint density at radius 2 is 1.73 bits per heavy atom. The Labute approximate surface area is 295 Å². The van der Waals surface area contributed by atoms with Gasteiger partial charge in [0.2, 0.25) is 5.91 Å². The number of nitrogens with one attached hydrogen (secondary N) is 1. The molecule has 12 heteroatoms. The Morgan fingerprint density at radius 1 is 1.00 bits per heavy atom. The topological polar surface area (TPSA) is 101 Å². The molecule has 1 aliphatic heterocycles. The number of pyridine rings is 1. The SMILES string of the molecule is Cc1cc(F)cc(C)c1-c1cc([C@H](CC(=O)O)NC(=O)[C@H](CC(C)C)n2cc(CCN3CCCOCC3)c(C(F)(F)F)cc2=O)cc2c1CCC2. The number of aryl methyl sites for hydroxylation is 3. The first-order chi connectivity index (χ1) is 24.1. The van der Waals surface area contributed by atoms with Gasteiger partial charge in [0.1, 0.15) is 11.9 Å². The average molecular weight is 714 g/mol. The van der Waals surface area contributed by atoms with Gasteiger partial charge in [-0.3, -0.25) is 14.4 Å². The summed E-state index contributed by atoms with van der Waals surface area (Å²) in [6.07, 6.45) is -0.735. The van der Waals surface area contributed by atoms with Crippen molar-refractivity contribution in [2.75, 3.05) is 32.8 Å². The summed E-state index contributed by atoms with van der Waals surface area (Å²) < 4.78 is 63.5. The van der Waals surface area contributed by atoms with Crippen LogP contribution in [0.4, 0.5) is 17.6 Å². The Balaban J connectivity index is 1.53. The van der Waals surface area contributed by atoms with E-state index >= 15 is 0 Å². The van der Waals surface area contributed by atoms with Crippen LogP contribution in [0.1, 0.15) is 90.6 Å². The zero-order valence-corrected chi connectivity index (χ0v) is 29.7. The van der Waals surface area contributed by atoms with Gasteiger partial charge in [0, 0.05) is 38.5 Å². The van der Waals surface area contributed by atoms with Crippen molar-refractivity contribution in [3.05, 3.63) is 91.6 Å². The quantitative estimate of drug-likeness (QED) is 0.197. The second-order valence-electron chi connectivity index (χ2n) is 14.3. The monoisotopic (exact) mass is 713 g/mol. The van der Waals surface area contributed by atoms with E-state index in [1.54, 1.807) is 0 Å². The summed E-state index contributed by atoms with van der Waals surface area (Å²) in [6.45, 7) is 9.97. The number of halogens is 4. The number of amides is 1. The lowest BCUT2D eigenvalue weighted by molar-refractivity contribution is -0.139. The van der Waals surface area contributed by atoms with Gasteiger partial charge >= 0.3 is 12.1 Å². The number of carbonyl (C=O) groups is 2. The normalized spacial score (nSPS) is 16.5. The van der Waals surface area contributed by atoms with Crippen molar-refractivity contribution in [3.8, 4) is 11.1 Å². The van der Waals surface area contributed by atoms with Crippen LogP contribution in [0.15, 0.2) is 41.3 Å². The predicted molar refractivity (Wildman–Crippen MR) is 186 cm³/mol. The Morgan fingerprint density at radius 3 is 2.39 bits per heavy atom. The van der Waals surface area contributed by atoms with Gasteiger partial charge in [-0.1, -0.05) is 19.9 Å². The fraction of sp³-hybridized carbons (Fsp3) is 0.513. The van der Waals surface area contributed by atoms with Crippen molar-refractivity contribution in [1.82, 2.24) is 14.8 Å². The van der Waals surface area contributed by atoms with E-state index in [1.807, 2.05) is 44.7 Å². The van der Waals surface area contributed by atoms with E-state index in [9.17, 15) is 37.1 Å².